The smallest absolute Gasteiger partial charge is 0.426 e. The lowest BCUT2D eigenvalue weighted by Gasteiger charge is -2.32. The molecule has 0 aromatic heterocycles. The van der Waals surface area contributed by atoms with Gasteiger partial charge >= 0.3 is 20.4 Å². The van der Waals surface area contributed by atoms with Crippen molar-refractivity contribution >= 4 is 31.3 Å². The third-order valence-electron chi connectivity index (χ3n) is 8.52. The molecular formula is C29H38B2F2O7. The van der Waals surface area contributed by atoms with Gasteiger partial charge in [0.2, 0.25) is 0 Å². The van der Waals surface area contributed by atoms with Crippen LogP contribution in [0.4, 0.5) is 13.6 Å². The summed E-state index contributed by atoms with van der Waals surface area (Å²) in [7, 11) is -1.44. The predicted molar refractivity (Wildman–Crippen MR) is 149 cm³/mol. The van der Waals surface area contributed by atoms with Crippen LogP contribution in [0.15, 0.2) is 36.4 Å². The van der Waals surface area contributed by atoms with Gasteiger partial charge in [-0.15, -0.1) is 0 Å². The third kappa shape index (κ3) is 5.79. The summed E-state index contributed by atoms with van der Waals surface area (Å²) in [6, 6.07) is 9.00. The maximum Gasteiger partial charge on any atom is 0.509 e. The van der Waals surface area contributed by atoms with Crippen molar-refractivity contribution in [2.75, 3.05) is 0 Å². The Kier molecular flexibility index (Phi) is 7.95. The topological polar surface area (TPSA) is 72.5 Å². The predicted octanol–water partition coefficient (Wildman–Crippen LogP) is 5.54. The molecule has 0 bridgehead atoms. The monoisotopic (exact) mass is 558 g/mol. The molecule has 0 N–H and O–H groups in total. The molecule has 0 spiro atoms. The maximum atomic E-state index is 15.0. The summed E-state index contributed by atoms with van der Waals surface area (Å²) in [5, 5.41) is 0. The number of carbonyl (C=O) groups excluding carboxylic acids is 1. The highest BCUT2D eigenvalue weighted by atomic mass is 19.1. The highest BCUT2D eigenvalue weighted by molar-refractivity contribution is 6.62. The minimum absolute atomic E-state index is 0.155. The third-order valence-corrected chi connectivity index (χ3v) is 8.52. The molecule has 2 aromatic carbocycles. The van der Waals surface area contributed by atoms with Crippen LogP contribution in [0.5, 0.6) is 0 Å². The Morgan fingerprint density at radius 2 is 0.950 bits per heavy atom. The average molecular weight is 558 g/mol. The van der Waals surface area contributed by atoms with Gasteiger partial charge in [0.1, 0.15) is 23.8 Å². The van der Waals surface area contributed by atoms with Crippen molar-refractivity contribution in [3.8, 4) is 0 Å². The number of ether oxygens (including phenoxy) is 2. The van der Waals surface area contributed by atoms with Crippen LogP contribution in [0.25, 0.3) is 0 Å². The van der Waals surface area contributed by atoms with Crippen molar-refractivity contribution in [3.05, 3.63) is 59.2 Å². The van der Waals surface area contributed by atoms with Gasteiger partial charge in [-0.25, -0.2) is 13.6 Å². The number of carbonyl (C=O) groups is 1. The molecular weight excluding hydrogens is 520 g/mol. The molecule has 40 heavy (non-hydrogen) atoms. The number of hydrogen-bond donors (Lipinski definition) is 0. The van der Waals surface area contributed by atoms with Crippen molar-refractivity contribution in [1.82, 2.24) is 0 Å². The Bertz CT molecular complexity index is 1150. The van der Waals surface area contributed by atoms with E-state index >= 15 is 8.78 Å². The Morgan fingerprint density at radius 1 is 0.650 bits per heavy atom. The molecule has 11 heteroatoms. The largest absolute Gasteiger partial charge is 0.509 e. The van der Waals surface area contributed by atoms with E-state index in [1.165, 1.54) is 38.1 Å². The summed E-state index contributed by atoms with van der Waals surface area (Å²) in [5.41, 5.74) is -0.897. The summed E-state index contributed by atoms with van der Waals surface area (Å²) in [6.45, 7) is 18.4. The van der Waals surface area contributed by atoms with Crippen LogP contribution >= 0.6 is 0 Å². The molecule has 7 nitrogen and oxygen atoms in total. The molecule has 4 rings (SSSR count). The quantitative estimate of drug-likeness (QED) is 0.341. The molecule has 2 aliphatic rings. The highest BCUT2D eigenvalue weighted by Crippen LogP contribution is 2.38. The SMILES string of the molecule is C[C@@H](OC(=O)O[C@H](C)c1ccc(B2OC(C)(C)C(C)(C)O2)cc1F)c1ccc(B2OC(C)(C)C(C)(C)O2)cc1F. The molecule has 216 valence electrons. The fourth-order valence-corrected chi connectivity index (χ4v) is 4.44. The van der Waals surface area contributed by atoms with Gasteiger partial charge in [-0.05, 0) is 92.3 Å². The van der Waals surface area contributed by atoms with Crippen molar-refractivity contribution in [2.24, 2.45) is 0 Å². The number of benzene rings is 2. The lowest BCUT2D eigenvalue weighted by atomic mass is 9.78. The van der Waals surface area contributed by atoms with Crippen LogP contribution in [-0.4, -0.2) is 42.8 Å². The van der Waals surface area contributed by atoms with Crippen LogP contribution in [-0.2, 0) is 28.1 Å². The lowest BCUT2D eigenvalue weighted by molar-refractivity contribution is 0.00476. The second kappa shape index (κ2) is 10.4. The van der Waals surface area contributed by atoms with Crippen molar-refractivity contribution in [2.45, 2.75) is 104 Å². The van der Waals surface area contributed by atoms with Crippen LogP contribution < -0.4 is 10.9 Å². The van der Waals surface area contributed by atoms with E-state index in [1.807, 2.05) is 55.4 Å². The van der Waals surface area contributed by atoms with Gasteiger partial charge in [-0.3, -0.25) is 0 Å². The standard InChI is InChI=1S/C29H38B2F2O7/c1-17(21-13-11-19(15-23(21)32)30-37-26(3,4)27(5,6)38-30)35-25(34)36-18(2)22-14-12-20(16-24(22)33)31-39-28(7,8)29(9,10)40-31/h11-18H,1-10H3/t17-,18-/m1/s1. The van der Waals surface area contributed by atoms with Crippen LogP contribution in [0, 0.1) is 11.6 Å². The minimum atomic E-state index is -1.05. The molecule has 0 saturated carbocycles. The van der Waals surface area contributed by atoms with E-state index < -0.39 is 66.6 Å². The van der Waals surface area contributed by atoms with Gasteiger partial charge in [-0.2, -0.15) is 0 Å². The molecule has 2 saturated heterocycles. The molecule has 0 amide bonds. The van der Waals surface area contributed by atoms with Crippen LogP contribution in [0.1, 0.15) is 92.6 Å². The Balaban J connectivity index is 1.37. The van der Waals surface area contributed by atoms with Gasteiger partial charge in [0.25, 0.3) is 0 Å². The fraction of sp³-hybridized carbons (Fsp3) is 0.552. The molecule has 2 aliphatic heterocycles. The zero-order valence-electron chi connectivity index (χ0n) is 24.9. The Labute approximate surface area is 236 Å². The van der Waals surface area contributed by atoms with E-state index in [4.69, 9.17) is 28.1 Å². The second-order valence-corrected chi connectivity index (χ2v) is 12.5. The van der Waals surface area contributed by atoms with Gasteiger partial charge < -0.3 is 28.1 Å². The van der Waals surface area contributed by atoms with Crippen molar-refractivity contribution in [3.63, 3.8) is 0 Å². The van der Waals surface area contributed by atoms with E-state index in [0.717, 1.165) is 0 Å². The Hall–Kier alpha value is -2.46. The molecule has 2 heterocycles. The summed E-state index contributed by atoms with van der Waals surface area (Å²) < 4.78 is 64.6. The second-order valence-electron chi connectivity index (χ2n) is 12.5. The van der Waals surface area contributed by atoms with Crippen molar-refractivity contribution in [1.29, 1.82) is 0 Å². The van der Waals surface area contributed by atoms with E-state index in [1.54, 1.807) is 12.1 Å². The first kappa shape index (κ1) is 30.5. The summed E-state index contributed by atoms with van der Waals surface area (Å²) in [4.78, 5) is 12.5. The number of rotatable bonds is 6. The first-order valence-electron chi connectivity index (χ1n) is 13.5. The summed E-state index contributed by atoms with van der Waals surface area (Å²) in [5.74, 6) is -1.16. The highest BCUT2D eigenvalue weighted by Gasteiger charge is 2.53. The first-order valence-corrected chi connectivity index (χ1v) is 13.5. The van der Waals surface area contributed by atoms with E-state index in [-0.39, 0.29) is 11.1 Å². The maximum absolute atomic E-state index is 15.0. The molecule has 0 unspecified atom stereocenters. The lowest BCUT2D eigenvalue weighted by Crippen LogP contribution is -2.41. The van der Waals surface area contributed by atoms with E-state index in [2.05, 4.69) is 0 Å². The summed E-state index contributed by atoms with van der Waals surface area (Å²) in [6.07, 6.45) is -2.96. The molecule has 0 aliphatic carbocycles. The fourth-order valence-electron chi connectivity index (χ4n) is 4.44. The van der Waals surface area contributed by atoms with Gasteiger partial charge in [0.15, 0.2) is 0 Å². The van der Waals surface area contributed by atoms with E-state index in [9.17, 15) is 4.79 Å². The Morgan fingerprint density at radius 3 is 1.23 bits per heavy atom. The summed E-state index contributed by atoms with van der Waals surface area (Å²) >= 11 is 0. The number of hydrogen-bond acceptors (Lipinski definition) is 7. The van der Waals surface area contributed by atoms with Gasteiger partial charge in [0.05, 0.1) is 22.4 Å². The zero-order valence-corrected chi connectivity index (χ0v) is 24.9. The molecule has 2 aromatic rings. The first-order chi connectivity index (χ1) is 18.3. The number of halogens is 2. The normalized spacial score (nSPS) is 22.2. The molecule has 2 atom stereocenters. The van der Waals surface area contributed by atoms with Gasteiger partial charge in [0, 0.05) is 11.1 Å². The molecule has 0 radical (unpaired) electrons. The van der Waals surface area contributed by atoms with Crippen LogP contribution in [0.3, 0.4) is 0 Å². The van der Waals surface area contributed by atoms with Gasteiger partial charge in [-0.1, -0.05) is 24.3 Å². The van der Waals surface area contributed by atoms with Crippen molar-refractivity contribution < 1.29 is 41.7 Å². The van der Waals surface area contributed by atoms with Crippen LogP contribution in [0.2, 0.25) is 0 Å². The minimum Gasteiger partial charge on any atom is -0.426 e. The zero-order chi connectivity index (χ0) is 29.8. The molecule has 2 fully saturated rings. The average Bonchev–Trinajstić information content (AvgIpc) is 3.18. The van der Waals surface area contributed by atoms with E-state index in [0.29, 0.717) is 10.9 Å².